The van der Waals surface area contributed by atoms with Crippen LogP contribution in [0.3, 0.4) is 0 Å². The van der Waals surface area contributed by atoms with E-state index in [0.29, 0.717) is 50.0 Å². The number of halogens is 3. The minimum Gasteiger partial charge on any atom is -0.487 e. The molecule has 0 bridgehead atoms. The van der Waals surface area contributed by atoms with Gasteiger partial charge in [0.25, 0.3) is 11.8 Å². The van der Waals surface area contributed by atoms with Gasteiger partial charge in [-0.1, -0.05) is 41.4 Å². The first-order valence-electron chi connectivity index (χ1n) is 9.32. The predicted octanol–water partition coefficient (Wildman–Crippen LogP) is 5.40. The molecule has 0 aromatic heterocycles. The van der Waals surface area contributed by atoms with Gasteiger partial charge in [-0.15, -0.1) is 0 Å². The van der Waals surface area contributed by atoms with E-state index in [1.807, 2.05) is 0 Å². The lowest BCUT2D eigenvalue weighted by molar-refractivity contribution is 0.0588. The number of benzene rings is 3. The van der Waals surface area contributed by atoms with E-state index >= 15 is 0 Å². The zero-order chi connectivity index (χ0) is 21.0. The first-order chi connectivity index (χ1) is 14.4. The fourth-order valence-electron chi connectivity index (χ4n) is 4.05. The Morgan fingerprint density at radius 3 is 2.20 bits per heavy atom. The molecule has 30 heavy (non-hydrogen) atoms. The van der Waals surface area contributed by atoms with Crippen LogP contribution in [0, 0.1) is 5.82 Å². The second-order valence-corrected chi connectivity index (χ2v) is 8.06. The molecule has 5 rings (SSSR count). The van der Waals surface area contributed by atoms with E-state index in [1.165, 1.54) is 17.0 Å². The number of rotatable bonds is 3. The molecule has 2 heterocycles. The number of fused-ring (bicyclic) bond motifs is 2. The largest absolute Gasteiger partial charge is 0.487 e. The van der Waals surface area contributed by atoms with Crippen molar-refractivity contribution in [3.63, 3.8) is 0 Å². The van der Waals surface area contributed by atoms with Crippen molar-refractivity contribution in [3.05, 3.63) is 87.2 Å². The zero-order valence-corrected chi connectivity index (χ0v) is 17.0. The summed E-state index contributed by atoms with van der Waals surface area (Å²) in [4.78, 5) is 26.5. The summed E-state index contributed by atoms with van der Waals surface area (Å²) in [6.07, 6.45) is -0.140. The summed E-state index contributed by atoms with van der Waals surface area (Å²) in [5.74, 6) is -0.677. The third-order valence-corrected chi connectivity index (χ3v) is 5.99. The first-order valence-corrected chi connectivity index (χ1v) is 10.1. The topological polar surface area (TPSA) is 46.6 Å². The molecule has 0 saturated heterocycles. The Hall–Kier alpha value is -2.89. The Morgan fingerprint density at radius 1 is 0.933 bits per heavy atom. The molecular weight excluding hydrogens is 428 g/mol. The van der Waals surface area contributed by atoms with Crippen LogP contribution in [0.4, 0.5) is 4.39 Å². The summed E-state index contributed by atoms with van der Waals surface area (Å²) in [6.45, 7) is 0.0678. The van der Waals surface area contributed by atoms with Gasteiger partial charge < -0.3 is 4.74 Å². The Morgan fingerprint density at radius 2 is 1.57 bits per heavy atom. The SMILES string of the molecule is O=C1c2ccccc2C(=O)N1C[C@H]1Cc2cc(F)cc(-c3c(Cl)cccc3Cl)c2O1. The van der Waals surface area contributed by atoms with Crippen molar-refractivity contribution in [1.82, 2.24) is 4.90 Å². The van der Waals surface area contributed by atoms with Crippen molar-refractivity contribution in [2.45, 2.75) is 12.5 Å². The Labute approximate surface area is 181 Å². The predicted molar refractivity (Wildman–Crippen MR) is 112 cm³/mol. The van der Waals surface area contributed by atoms with Crippen LogP contribution >= 0.6 is 23.2 Å². The quantitative estimate of drug-likeness (QED) is 0.511. The lowest BCUT2D eigenvalue weighted by Crippen LogP contribution is -2.38. The lowest BCUT2D eigenvalue weighted by Gasteiger charge is -2.19. The molecule has 4 nitrogen and oxygen atoms in total. The molecule has 2 amide bonds. The number of hydrogen-bond donors (Lipinski definition) is 0. The molecule has 2 aliphatic heterocycles. The molecular formula is C23H14Cl2FNO3. The van der Waals surface area contributed by atoms with Crippen molar-refractivity contribution < 1.29 is 18.7 Å². The minimum atomic E-state index is -0.496. The van der Waals surface area contributed by atoms with E-state index in [0.717, 1.165) is 0 Å². The van der Waals surface area contributed by atoms with Crippen LogP contribution in [0.2, 0.25) is 10.0 Å². The van der Waals surface area contributed by atoms with Gasteiger partial charge >= 0.3 is 0 Å². The highest BCUT2D eigenvalue weighted by atomic mass is 35.5. The molecule has 150 valence electrons. The van der Waals surface area contributed by atoms with Crippen molar-refractivity contribution in [3.8, 4) is 16.9 Å². The van der Waals surface area contributed by atoms with Gasteiger partial charge in [-0.25, -0.2) is 4.39 Å². The number of carbonyl (C=O) groups excluding carboxylic acids is 2. The molecule has 0 unspecified atom stereocenters. The molecule has 1 atom stereocenters. The van der Waals surface area contributed by atoms with Crippen molar-refractivity contribution in [2.75, 3.05) is 6.54 Å². The maximum atomic E-state index is 14.3. The maximum Gasteiger partial charge on any atom is 0.261 e. The average molecular weight is 442 g/mol. The van der Waals surface area contributed by atoms with E-state index in [2.05, 4.69) is 0 Å². The Kier molecular flexibility index (Phi) is 4.53. The molecule has 3 aromatic rings. The van der Waals surface area contributed by atoms with E-state index in [-0.39, 0.29) is 18.4 Å². The minimum absolute atomic E-state index is 0.0678. The van der Waals surface area contributed by atoms with Crippen LogP contribution in [0.1, 0.15) is 26.3 Å². The number of ether oxygens (including phenoxy) is 1. The second-order valence-electron chi connectivity index (χ2n) is 7.25. The molecule has 7 heteroatoms. The third-order valence-electron chi connectivity index (χ3n) is 5.36. The lowest BCUT2D eigenvalue weighted by atomic mass is 10.00. The maximum absolute atomic E-state index is 14.3. The standard InChI is InChI=1S/C23H14Cl2FNO3/c24-18-6-3-7-19(25)20(18)17-10-13(26)8-12-9-14(30-21(12)17)11-27-22(28)15-4-1-2-5-16(15)23(27)29/h1-8,10,14H,9,11H2/t14-/m1/s1. The highest BCUT2D eigenvalue weighted by Crippen LogP contribution is 2.45. The number of hydrogen-bond acceptors (Lipinski definition) is 3. The van der Waals surface area contributed by atoms with Gasteiger partial charge in [0.2, 0.25) is 0 Å². The number of imide groups is 1. The zero-order valence-electron chi connectivity index (χ0n) is 15.5. The highest BCUT2D eigenvalue weighted by Gasteiger charge is 2.39. The van der Waals surface area contributed by atoms with Crippen LogP contribution in [0.25, 0.3) is 11.1 Å². The third kappa shape index (κ3) is 2.97. The Bertz CT molecular complexity index is 1170. The first kappa shape index (κ1) is 19.1. The highest BCUT2D eigenvalue weighted by molar-refractivity contribution is 6.39. The van der Waals surface area contributed by atoms with Crippen LogP contribution in [0.15, 0.2) is 54.6 Å². The van der Waals surface area contributed by atoms with Crippen LogP contribution in [-0.4, -0.2) is 29.4 Å². The summed E-state index contributed by atoms with van der Waals surface area (Å²) in [5, 5.41) is 0.755. The summed E-state index contributed by atoms with van der Waals surface area (Å²) >= 11 is 12.6. The van der Waals surface area contributed by atoms with Crippen LogP contribution in [0.5, 0.6) is 5.75 Å². The van der Waals surface area contributed by atoms with Gasteiger partial charge in [0.05, 0.1) is 27.7 Å². The fourth-order valence-corrected chi connectivity index (χ4v) is 4.65. The molecule has 3 aromatic carbocycles. The van der Waals surface area contributed by atoms with Crippen molar-refractivity contribution >= 4 is 35.0 Å². The monoisotopic (exact) mass is 441 g/mol. The van der Waals surface area contributed by atoms with Gasteiger partial charge in [-0.2, -0.15) is 0 Å². The number of nitrogens with zero attached hydrogens (tertiary/aromatic N) is 1. The average Bonchev–Trinajstić information content (AvgIpc) is 3.22. The van der Waals surface area contributed by atoms with E-state index in [9.17, 15) is 14.0 Å². The summed E-state index contributed by atoms with van der Waals surface area (Å²) in [7, 11) is 0. The number of carbonyl (C=O) groups is 2. The summed E-state index contributed by atoms with van der Waals surface area (Å²) in [5.41, 5.74) is 2.34. The second kappa shape index (κ2) is 7.11. The van der Waals surface area contributed by atoms with Crippen LogP contribution < -0.4 is 4.74 Å². The van der Waals surface area contributed by atoms with Gasteiger partial charge in [0, 0.05) is 23.1 Å². The van der Waals surface area contributed by atoms with E-state index < -0.39 is 11.9 Å². The normalized spacial score (nSPS) is 17.2. The summed E-state index contributed by atoms with van der Waals surface area (Å²) in [6, 6.07) is 14.5. The molecule has 0 aliphatic carbocycles. The molecule has 2 aliphatic rings. The van der Waals surface area contributed by atoms with Gasteiger partial charge in [0.1, 0.15) is 17.7 Å². The number of amides is 2. The molecule has 0 radical (unpaired) electrons. The molecule has 0 fully saturated rings. The molecule has 0 saturated carbocycles. The van der Waals surface area contributed by atoms with Gasteiger partial charge in [-0.05, 0) is 36.4 Å². The Balaban J connectivity index is 1.46. The van der Waals surface area contributed by atoms with Gasteiger partial charge in [0.15, 0.2) is 0 Å². The fraction of sp³-hybridized carbons (Fsp3) is 0.130. The van der Waals surface area contributed by atoms with E-state index in [1.54, 1.807) is 42.5 Å². The van der Waals surface area contributed by atoms with Crippen molar-refractivity contribution in [1.29, 1.82) is 0 Å². The molecule has 0 N–H and O–H groups in total. The van der Waals surface area contributed by atoms with Crippen molar-refractivity contribution in [2.24, 2.45) is 0 Å². The van der Waals surface area contributed by atoms with Crippen LogP contribution in [-0.2, 0) is 6.42 Å². The van der Waals surface area contributed by atoms with Gasteiger partial charge in [-0.3, -0.25) is 14.5 Å². The molecule has 0 spiro atoms. The summed E-state index contributed by atoms with van der Waals surface area (Å²) < 4.78 is 20.4. The smallest absolute Gasteiger partial charge is 0.261 e. The van der Waals surface area contributed by atoms with E-state index in [4.69, 9.17) is 27.9 Å².